The van der Waals surface area contributed by atoms with Crippen LogP contribution in [0, 0.1) is 24.1 Å². The molecule has 0 fully saturated rings. The fourth-order valence-electron chi connectivity index (χ4n) is 1.66. The van der Waals surface area contributed by atoms with Crippen LogP contribution in [-0.2, 0) is 7.05 Å². The van der Waals surface area contributed by atoms with Crippen LogP contribution in [0.1, 0.15) is 11.3 Å². The Bertz CT molecular complexity index is 642. The van der Waals surface area contributed by atoms with Crippen LogP contribution in [0.15, 0.2) is 18.2 Å². The predicted molar refractivity (Wildman–Crippen MR) is 67.4 cm³/mol. The minimum atomic E-state index is -0.554. The molecule has 0 aliphatic carbocycles. The van der Waals surface area contributed by atoms with Crippen LogP contribution >= 0.6 is 11.6 Å². The zero-order valence-electron chi connectivity index (χ0n) is 9.83. The zero-order chi connectivity index (χ0) is 13.3. The van der Waals surface area contributed by atoms with Gasteiger partial charge in [-0.25, -0.2) is 4.39 Å². The van der Waals surface area contributed by atoms with Crippen LogP contribution in [0.5, 0.6) is 0 Å². The average Bonchev–Trinajstić information content (AvgIpc) is 2.59. The van der Waals surface area contributed by atoms with E-state index in [9.17, 15) is 4.39 Å². The molecule has 0 spiro atoms. The molecule has 1 aromatic carbocycles. The third-order valence-corrected chi connectivity index (χ3v) is 2.83. The molecule has 1 aromatic heterocycles. The summed E-state index contributed by atoms with van der Waals surface area (Å²) in [5.41, 5.74) is 1.18. The molecule has 0 radical (unpaired) electrons. The summed E-state index contributed by atoms with van der Waals surface area (Å²) in [5, 5.41) is 16.0. The molecule has 0 amide bonds. The van der Waals surface area contributed by atoms with Gasteiger partial charge in [0.15, 0.2) is 5.82 Å². The van der Waals surface area contributed by atoms with Gasteiger partial charge in [-0.15, -0.1) is 0 Å². The van der Waals surface area contributed by atoms with E-state index in [0.29, 0.717) is 17.1 Å². The summed E-state index contributed by atoms with van der Waals surface area (Å²) in [7, 11) is 1.68. The number of hydrogen-bond acceptors (Lipinski definition) is 3. The normalized spacial score (nSPS) is 10.2. The molecule has 92 valence electrons. The average molecular weight is 265 g/mol. The molecule has 0 aliphatic rings. The molecular formula is C12H10ClFN4. The first-order chi connectivity index (χ1) is 8.54. The molecule has 1 N–H and O–H groups in total. The predicted octanol–water partition coefficient (Wildman–Crippen LogP) is 3.14. The molecule has 2 aromatic rings. The molecule has 4 nitrogen and oxygen atoms in total. The van der Waals surface area contributed by atoms with E-state index in [-0.39, 0.29) is 10.7 Å². The highest BCUT2D eigenvalue weighted by Gasteiger charge is 2.15. The maximum atomic E-state index is 13.8. The first-order valence-electron chi connectivity index (χ1n) is 5.19. The Morgan fingerprint density at radius 3 is 2.89 bits per heavy atom. The molecule has 0 saturated heterocycles. The van der Waals surface area contributed by atoms with Crippen LogP contribution in [0.3, 0.4) is 0 Å². The smallest absolute Gasteiger partial charge is 0.165 e. The van der Waals surface area contributed by atoms with E-state index >= 15 is 0 Å². The van der Waals surface area contributed by atoms with Gasteiger partial charge >= 0.3 is 0 Å². The first-order valence-corrected chi connectivity index (χ1v) is 5.57. The summed E-state index contributed by atoms with van der Waals surface area (Å²) >= 11 is 5.70. The number of benzene rings is 1. The second-order valence-electron chi connectivity index (χ2n) is 3.77. The van der Waals surface area contributed by atoms with Gasteiger partial charge in [0.25, 0.3) is 0 Å². The van der Waals surface area contributed by atoms with Gasteiger partial charge in [-0.3, -0.25) is 4.68 Å². The minimum Gasteiger partial charge on any atom is -0.337 e. The number of aryl methyl sites for hydroxylation is 2. The van der Waals surface area contributed by atoms with Gasteiger partial charge < -0.3 is 5.32 Å². The van der Waals surface area contributed by atoms with Crippen molar-refractivity contribution in [1.29, 1.82) is 5.26 Å². The quantitative estimate of drug-likeness (QED) is 0.907. The Morgan fingerprint density at radius 2 is 2.22 bits per heavy atom. The second-order valence-corrected chi connectivity index (χ2v) is 4.18. The van der Waals surface area contributed by atoms with E-state index in [4.69, 9.17) is 16.9 Å². The fourth-order valence-corrected chi connectivity index (χ4v) is 1.84. The van der Waals surface area contributed by atoms with Crippen molar-refractivity contribution in [3.05, 3.63) is 40.3 Å². The van der Waals surface area contributed by atoms with Crippen molar-refractivity contribution in [2.75, 3.05) is 5.32 Å². The number of rotatable bonds is 2. The number of aromatic nitrogens is 2. The number of nitrogens with one attached hydrogen (secondary N) is 1. The van der Waals surface area contributed by atoms with Crippen molar-refractivity contribution < 1.29 is 4.39 Å². The van der Waals surface area contributed by atoms with E-state index in [2.05, 4.69) is 10.4 Å². The lowest BCUT2D eigenvalue weighted by Crippen LogP contribution is -2.02. The summed E-state index contributed by atoms with van der Waals surface area (Å²) in [6.45, 7) is 1.72. The maximum absolute atomic E-state index is 13.8. The molecule has 18 heavy (non-hydrogen) atoms. The first kappa shape index (κ1) is 12.4. The van der Waals surface area contributed by atoms with Gasteiger partial charge in [0.2, 0.25) is 0 Å². The maximum Gasteiger partial charge on any atom is 0.165 e. The minimum absolute atomic E-state index is 0.0254. The molecule has 0 saturated carbocycles. The van der Waals surface area contributed by atoms with Crippen molar-refractivity contribution in [3.63, 3.8) is 0 Å². The van der Waals surface area contributed by atoms with E-state index < -0.39 is 5.82 Å². The fraction of sp³-hybridized carbons (Fsp3) is 0.167. The molecule has 0 atom stereocenters. The van der Waals surface area contributed by atoms with Gasteiger partial charge in [-0.2, -0.15) is 10.4 Å². The van der Waals surface area contributed by atoms with E-state index in [1.807, 2.05) is 6.07 Å². The number of nitrogens with zero attached hydrogens (tertiary/aromatic N) is 3. The molecule has 2 rings (SSSR count). The summed E-state index contributed by atoms with van der Waals surface area (Å²) in [6.07, 6.45) is 0. The molecule has 0 unspecified atom stereocenters. The van der Waals surface area contributed by atoms with Crippen LogP contribution in [0.4, 0.5) is 15.9 Å². The number of nitriles is 1. The van der Waals surface area contributed by atoms with Crippen molar-refractivity contribution in [3.8, 4) is 6.07 Å². The van der Waals surface area contributed by atoms with E-state index in [0.717, 1.165) is 0 Å². The van der Waals surface area contributed by atoms with Crippen molar-refractivity contribution in [1.82, 2.24) is 9.78 Å². The standard InChI is InChI=1S/C12H10ClFN4/c1-7-8(6-15)12(18(2)17-7)16-10-5-3-4-9(13)11(10)14/h3-5,16H,1-2H3. The van der Waals surface area contributed by atoms with Crippen LogP contribution in [-0.4, -0.2) is 9.78 Å². The van der Waals surface area contributed by atoms with E-state index in [1.54, 1.807) is 26.1 Å². The van der Waals surface area contributed by atoms with Crippen molar-refractivity contribution in [2.45, 2.75) is 6.92 Å². The molecule has 1 heterocycles. The Labute approximate surface area is 109 Å². The number of anilines is 2. The number of halogens is 2. The Hall–Kier alpha value is -2.06. The Balaban J connectivity index is 2.47. The highest BCUT2D eigenvalue weighted by atomic mass is 35.5. The van der Waals surface area contributed by atoms with Crippen LogP contribution < -0.4 is 5.32 Å². The molecular weight excluding hydrogens is 255 g/mol. The molecule has 0 aliphatic heterocycles. The summed E-state index contributed by atoms with van der Waals surface area (Å²) in [5.74, 6) is -0.113. The van der Waals surface area contributed by atoms with Gasteiger partial charge in [-0.1, -0.05) is 17.7 Å². The summed E-state index contributed by atoms with van der Waals surface area (Å²) < 4.78 is 15.2. The summed E-state index contributed by atoms with van der Waals surface area (Å²) in [4.78, 5) is 0. The van der Waals surface area contributed by atoms with Gasteiger partial charge in [0.1, 0.15) is 17.5 Å². The third-order valence-electron chi connectivity index (χ3n) is 2.54. The van der Waals surface area contributed by atoms with E-state index in [1.165, 1.54) is 10.7 Å². The summed E-state index contributed by atoms with van der Waals surface area (Å²) in [6, 6.07) is 6.67. The topological polar surface area (TPSA) is 53.6 Å². The highest BCUT2D eigenvalue weighted by Crippen LogP contribution is 2.27. The lowest BCUT2D eigenvalue weighted by Gasteiger charge is -2.08. The van der Waals surface area contributed by atoms with Crippen molar-refractivity contribution in [2.24, 2.45) is 7.05 Å². The van der Waals surface area contributed by atoms with Gasteiger partial charge in [0, 0.05) is 7.05 Å². The number of hydrogen-bond donors (Lipinski definition) is 1. The Morgan fingerprint density at radius 1 is 1.50 bits per heavy atom. The van der Waals surface area contributed by atoms with Gasteiger partial charge in [-0.05, 0) is 19.1 Å². The molecule has 6 heteroatoms. The molecule has 0 bridgehead atoms. The van der Waals surface area contributed by atoms with Crippen LogP contribution in [0.25, 0.3) is 0 Å². The highest BCUT2D eigenvalue weighted by molar-refractivity contribution is 6.31. The lowest BCUT2D eigenvalue weighted by molar-refractivity contribution is 0.631. The van der Waals surface area contributed by atoms with Crippen LogP contribution in [0.2, 0.25) is 5.02 Å². The second kappa shape index (κ2) is 4.67. The zero-order valence-corrected chi connectivity index (χ0v) is 10.6. The third kappa shape index (κ3) is 2.03. The largest absolute Gasteiger partial charge is 0.337 e. The monoisotopic (exact) mass is 264 g/mol. The Kier molecular flexibility index (Phi) is 3.21. The van der Waals surface area contributed by atoms with Gasteiger partial charge in [0.05, 0.1) is 16.4 Å². The lowest BCUT2D eigenvalue weighted by atomic mass is 10.2. The van der Waals surface area contributed by atoms with Crippen molar-refractivity contribution >= 4 is 23.1 Å². The SMILES string of the molecule is Cc1nn(C)c(Nc2cccc(Cl)c2F)c1C#N.